The van der Waals surface area contributed by atoms with Gasteiger partial charge in [0, 0.05) is 12.0 Å². The number of nitrogens with one attached hydrogen (secondary N) is 1. The van der Waals surface area contributed by atoms with Gasteiger partial charge in [-0.05, 0) is 42.9 Å². The van der Waals surface area contributed by atoms with Crippen LogP contribution in [-0.2, 0) is 4.79 Å². The van der Waals surface area contributed by atoms with Crippen LogP contribution in [0.2, 0.25) is 0 Å². The van der Waals surface area contributed by atoms with Gasteiger partial charge < -0.3 is 15.8 Å². The van der Waals surface area contributed by atoms with E-state index in [1.165, 1.54) is 5.56 Å². The summed E-state index contributed by atoms with van der Waals surface area (Å²) < 4.78 is 5.64. The van der Waals surface area contributed by atoms with Crippen LogP contribution in [0.1, 0.15) is 44.6 Å². The van der Waals surface area contributed by atoms with E-state index in [2.05, 4.69) is 31.3 Å². The van der Waals surface area contributed by atoms with E-state index < -0.39 is 0 Å². The van der Waals surface area contributed by atoms with Crippen molar-refractivity contribution in [3.8, 4) is 5.75 Å². The number of benzene rings is 1. The summed E-state index contributed by atoms with van der Waals surface area (Å²) in [6.45, 7) is 5.36. The molecule has 22 heavy (non-hydrogen) atoms. The first-order valence-corrected chi connectivity index (χ1v) is 7.82. The number of carbonyl (C=O) groups is 1. The van der Waals surface area contributed by atoms with Crippen molar-refractivity contribution in [3.63, 3.8) is 0 Å². The third-order valence-electron chi connectivity index (χ3n) is 4.06. The third-order valence-corrected chi connectivity index (χ3v) is 4.06. The van der Waals surface area contributed by atoms with Crippen LogP contribution in [-0.4, -0.2) is 25.1 Å². The molecular weight excluding hydrogens is 300 g/mol. The number of hydrogen-bond acceptors (Lipinski definition) is 3. The summed E-state index contributed by atoms with van der Waals surface area (Å²) in [5.41, 5.74) is 7.12. The van der Waals surface area contributed by atoms with E-state index >= 15 is 0 Å². The second-order valence-electron chi connectivity index (χ2n) is 6.13. The van der Waals surface area contributed by atoms with Gasteiger partial charge in [0.2, 0.25) is 5.91 Å². The Morgan fingerprint density at radius 1 is 1.32 bits per heavy atom. The van der Waals surface area contributed by atoms with Crippen molar-refractivity contribution in [2.24, 2.45) is 11.7 Å². The minimum absolute atomic E-state index is 0. The molecule has 3 N–H and O–H groups in total. The molecule has 0 bridgehead atoms. The van der Waals surface area contributed by atoms with Gasteiger partial charge in [0.25, 0.3) is 0 Å². The fourth-order valence-electron chi connectivity index (χ4n) is 2.69. The Morgan fingerprint density at radius 3 is 2.55 bits per heavy atom. The van der Waals surface area contributed by atoms with Crippen LogP contribution in [0.5, 0.6) is 5.75 Å². The minimum atomic E-state index is 0. The number of nitrogens with two attached hydrogens (primary N) is 1. The molecule has 0 saturated heterocycles. The van der Waals surface area contributed by atoms with Crippen LogP contribution in [0.4, 0.5) is 0 Å². The highest BCUT2D eigenvalue weighted by atomic mass is 35.5. The number of carbonyl (C=O) groups excluding carboxylic acids is 1. The van der Waals surface area contributed by atoms with Crippen LogP contribution in [0.15, 0.2) is 24.3 Å². The highest BCUT2D eigenvalue weighted by Gasteiger charge is 2.27. The fraction of sp³-hybridized carbons (Fsp3) is 0.588. The van der Waals surface area contributed by atoms with E-state index in [0.29, 0.717) is 19.1 Å². The van der Waals surface area contributed by atoms with Crippen molar-refractivity contribution in [3.05, 3.63) is 29.8 Å². The van der Waals surface area contributed by atoms with Gasteiger partial charge in [-0.25, -0.2) is 0 Å². The van der Waals surface area contributed by atoms with Crippen LogP contribution in [0.25, 0.3) is 0 Å². The Bertz CT molecular complexity index is 462. The molecule has 1 aromatic carbocycles. The van der Waals surface area contributed by atoms with Crippen LogP contribution in [0.3, 0.4) is 0 Å². The summed E-state index contributed by atoms with van der Waals surface area (Å²) in [6.07, 6.45) is 2.67. The van der Waals surface area contributed by atoms with E-state index in [4.69, 9.17) is 10.5 Å². The first-order chi connectivity index (χ1) is 10.1. The Balaban J connectivity index is 0.00000242. The third kappa shape index (κ3) is 5.50. The first-order valence-electron chi connectivity index (χ1n) is 7.82. The molecule has 5 heteroatoms. The van der Waals surface area contributed by atoms with Crippen molar-refractivity contribution in [2.45, 2.75) is 45.1 Å². The summed E-state index contributed by atoms with van der Waals surface area (Å²) in [7, 11) is 0. The summed E-state index contributed by atoms with van der Waals surface area (Å²) in [5, 5.41) is 2.93. The van der Waals surface area contributed by atoms with Crippen LogP contribution >= 0.6 is 12.4 Å². The number of ether oxygens (including phenoxy) is 1. The van der Waals surface area contributed by atoms with E-state index in [0.717, 1.165) is 25.0 Å². The highest BCUT2D eigenvalue weighted by Crippen LogP contribution is 2.24. The number of rotatable bonds is 6. The lowest BCUT2D eigenvalue weighted by Crippen LogP contribution is -2.33. The molecule has 124 valence electrons. The molecule has 2 rings (SSSR count). The number of amides is 1. The fourth-order valence-corrected chi connectivity index (χ4v) is 2.69. The van der Waals surface area contributed by atoms with Gasteiger partial charge in [0.05, 0.1) is 6.54 Å². The molecule has 0 spiro atoms. The molecule has 2 unspecified atom stereocenters. The lowest BCUT2D eigenvalue weighted by atomic mass is 10.0. The molecule has 1 amide bonds. The molecule has 2 atom stereocenters. The average molecular weight is 327 g/mol. The van der Waals surface area contributed by atoms with Gasteiger partial charge >= 0.3 is 0 Å². The van der Waals surface area contributed by atoms with Gasteiger partial charge in [-0.3, -0.25) is 4.79 Å². The molecule has 1 aromatic rings. The maximum absolute atomic E-state index is 11.9. The highest BCUT2D eigenvalue weighted by molar-refractivity contribution is 5.85. The Kier molecular flexibility index (Phi) is 7.69. The molecule has 4 nitrogen and oxygen atoms in total. The zero-order valence-corrected chi connectivity index (χ0v) is 14.2. The molecule has 1 fully saturated rings. The first kappa shape index (κ1) is 18.8. The normalized spacial score (nSPS) is 20.5. The summed E-state index contributed by atoms with van der Waals surface area (Å²) >= 11 is 0. The molecule has 1 saturated carbocycles. The molecule has 0 radical (unpaired) electrons. The Hall–Kier alpha value is -1.26. The molecule has 0 aromatic heterocycles. The smallest absolute Gasteiger partial charge is 0.223 e. The second kappa shape index (κ2) is 9.01. The topological polar surface area (TPSA) is 64.3 Å². The predicted molar refractivity (Wildman–Crippen MR) is 91.6 cm³/mol. The largest absolute Gasteiger partial charge is 0.492 e. The van der Waals surface area contributed by atoms with Crippen molar-refractivity contribution in [2.75, 3.05) is 13.2 Å². The summed E-state index contributed by atoms with van der Waals surface area (Å²) in [5.74, 6) is 1.57. The maximum atomic E-state index is 11.9. The summed E-state index contributed by atoms with van der Waals surface area (Å²) in [6, 6.07) is 8.31. The zero-order valence-electron chi connectivity index (χ0n) is 13.4. The van der Waals surface area contributed by atoms with E-state index in [-0.39, 0.29) is 30.3 Å². The van der Waals surface area contributed by atoms with E-state index in [9.17, 15) is 4.79 Å². The average Bonchev–Trinajstić information content (AvgIpc) is 2.90. The lowest BCUT2D eigenvalue weighted by Gasteiger charge is -2.12. The monoisotopic (exact) mass is 326 g/mol. The SMILES string of the molecule is CC(C)c1ccc(OCCNC(=O)C2CCC(N)C2)cc1.Cl. The minimum Gasteiger partial charge on any atom is -0.492 e. The van der Waals surface area contributed by atoms with Crippen molar-refractivity contribution >= 4 is 18.3 Å². The van der Waals surface area contributed by atoms with Gasteiger partial charge in [-0.1, -0.05) is 26.0 Å². The molecule has 1 aliphatic carbocycles. The second-order valence-corrected chi connectivity index (χ2v) is 6.13. The van der Waals surface area contributed by atoms with E-state index in [1.54, 1.807) is 0 Å². The summed E-state index contributed by atoms with van der Waals surface area (Å²) in [4.78, 5) is 11.9. The molecular formula is C17H27ClN2O2. The quantitative estimate of drug-likeness (QED) is 0.790. The van der Waals surface area contributed by atoms with Gasteiger partial charge in [-0.2, -0.15) is 0 Å². The van der Waals surface area contributed by atoms with Gasteiger partial charge in [0.1, 0.15) is 12.4 Å². The standard InChI is InChI=1S/C17H26N2O2.ClH/c1-12(2)13-4-7-16(8-5-13)21-10-9-19-17(20)14-3-6-15(18)11-14;/h4-5,7-8,12,14-15H,3,6,9-11,18H2,1-2H3,(H,19,20);1H. The number of hydrogen-bond donors (Lipinski definition) is 2. The molecule has 1 aliphatic rings. The van der Waals surface area contributed by atoms with Crippen LogP contribution in [0, 0.1) is 5.92 Å². The zero-order chi connectivity index (χ0) is 15.2. The Morgan fingerprint density at radius 2 is 2.00 bits per heavy atom. The number of halogens is 1. The maximum Gasteiger partial charge on any atom is 0.223 e. The Labute approximate surface area is 139 Å². The van der Waals surface area contributed by atoms with Gasteiger partial charge in [0.15, 0.2) is 0 Å². The van der Waals surface area contributed by atoms with E-state index in [1.807, 2.05) is 12.1 Å². The van der Waals surface area contributed by atoms with Crippen molar-refractivity contribution < 1.29 is 9.53 Å². The predicted octanol–water partition coefficient (Wildman–Crippen LogP) is 2.85. The lowest BCUT2D eigenvalue weighted by molar-refractivity contribution is -0.124. The van der Waals surface area contributed by atoms with Crippen molar-refractivity contribution in [1.82, 2.24) is 5.32 Å². The van der Waals surface area contributed by atoms with Crippen molar-refractivity contribution in [1.29, 1.82) is 0 Å². The van der Waals surface area contributed by atoms with Crippen LogP contribution < -0.4 is 15.8 Å². The van der Waals surface area contributed by atoms with Gasteiger partial charge in [-0.15, -0.1) is 12.4 Å². The molecule has 0 aliphatic heterocycles. The molecule has 0 heterocycles.